The van der Waals surface area contributed by atoms with Crippen LogP contribution < -0.4 is 21.7 Å². The number of fused-ring (bicyclic) bond motifs is 1. The van der Waals surface area contributed by atoms with E-state index < -0.39 is 48.3 Å². The Morgan fingerprint density at radius 2 is 1.83 bits per heavy atom. The summed E-state index contributed by atoms with van der Waals surface area (Å²) in [5.74, 6) is -1.45. The van der Waals surface area contributed by atoms with Crippen LogP contribution in [0.15, 0.2) is 64.3 Å². The molecule has 0 atom stereocenters. The zero-order chi connectivity index (χ0) is 29.1. The lowest BCUT2D eigenvalue weighted by molar-refractivity contribution is -0.119. The number of halogens is 3. The third kappa shape index (κ3) is 5.67. The molecule has 3 heterocycles. The van der Waals surface area contributed by atoms with Crippen molar-refractivity contribution in [2.75, 3.05) is 32.2 Å². The molecule has 5 rings (SSSR count). The van der Waals surface area contributed by atoms with Gasteiger partial charge in [0.25, 0.3) is 5.56 Å². The molecule has 0 aliphatic carbocycles. The number of nitrogen functional groups attached to an aromatic ring is 1. The van der Waals surface area contributed by atoms with Crippen LogP contribution in [-0.4, -0.2) is 58.0 Å². The van der Waals surface area contributed by atoms with Gasteiger partial charge in [-0.3, -0.25) is 23.7 Å². The molecule has 2 N–H and O–H groups in total. The number of alkyl halides is 2. The molecule has 9 nitrogen and oxygen atoms in total. The van der Waals surface area contributed by atoms with Gasteiger partial charge in [0, 0.05) is 42.6 Å². The highest BCUT2D eigenvalue weighted by Gasteiger charge is 2.26. The molecule has 41 heavy (non-hydrogen) atoms. The summed E-state index contributed by atoms with van der Waals surface area (Å²) in [5.41, 5.74) is 7.15. The normalized spacial score (nSPS) is 14.1. The Bertz CT molecular complexity index is 1680. The summed E-state index contributed by atoms with van der Waals surface area (Å²) in [6.07, 6.45) is 1.57. The summed E-state index contributed by atoms with van der Waals surface area (Å²) >= 11 is 0. The molecular formula is C29H28F3N5O4. The van der Waals surface area contributed by atoms with Gasteiger partial charge in [0.1, 0.15) is 13.3 Å². The number of carbonyl (C=O) groups is 1. The SMILES string of the molecule is Nc1cccc(-c2ccc(Cn3c(=O)c4cc(OC(CF)CF)c(F)cc4n(C4CCN(C=O)CC4)c3=O)cn2)c1. The molecule has 1 saturated heterocycles. The van der Waals surface area contributed by atoms with Crippen molar-refractivity contribution in [2.24, 2.45) is 0 Å². The van der Waals surface area contributed by atoms with Crippen molar-refractivity contribution in [1.29, 1.82) is 0 Å². The number of hydrogen-bond acceptors (Lipinski definition) is 6. The number of amides is 1. The Labute approximate surface area is 232 Å². The van der Waals surface area contributed by atoms with Crippen LogP contribution in [-0.2, 0) is 11.3 Å². The fourth-order valence-electron chi connectivity index (χ4n) is 5.06. The molecule has 0 spiro atoms. The maximum Gasteiger partial charge on any atom is 0.332 e. The van der Waals surface area contributed by atoms with Crippen molar-refractivity contribution < 1.29 is 22.7 Å². The summed E-state index contributed by atoms with van der Waals surface area (Å²) in [6.45, 7) is -1.74. The van der Waals surface area contributed by atoms with Crippen LogP contribution in [0.5, 0.6) is 5.75 Å². The average Bonchev–Trinajstić information content (AvgIpc) is 2.99. The zero-order valence-corrected chi connectivity index (χ0v) is 22.0. The molecule has 2 aromatic carbocycles. The van der Waals surface area contributed by atoms with Crippen LogP contribution in [0.4, 0.5) is 18.9 Å². The number of hydrogen-bond donors (Lipinski definition) is 1. The smallest absolute Gasteiger partial charge is 0.332 e. The first-order valence-electron chi connectivity index (χ1n) is 13.1. The van der Waals surface area contributed by atoms with E-state index in [2.05, 4.69) is 4.98 Å². The minimum absolute atomic E-state index is 0.0397. The standard InChI is InChI=1S/C29H28F3N5O4/c30-13-22(14-31)41-27-11-23-26(12-24(27)32)37(21-6-8-35(17-38)9-7-21)29(40)36(28(23)39)16-18-4-5-25(34-15-18)19-2-1-3-20(33)10-19/h1-5,10-12,15,17,21-22H,6-9,13-14,16,33H2. The molecule has 0 bridgehead atoms. The Hall–Kier alpha value is -4.61. The minimum atomic E-state index is -1.53. The van der Waals surface area contributed by atoms with Crippen molar-refractivity contribution in [3.63, 3.8) is 0 Å². The molecule has 12 heteroatoms. The minimum Gasteiger partial charge on any atom is -0.482 e. The molecule has 1 aliphatic heterocycles. The lowest BCUT2D eigenvalue weighted by Crippen LogP contribution is -2.44. The quantitative estimate of drug-likeness (QED) is 0.245. The largest absolute Gasteiger partial charge is 0.482 e. The highest BCUT2D eigenvalue weighted by molar-refractivity contribution is 5.80. The molecule has 0 radical (unpaired) electrons. The molecule has 1 aliphatic rings. The van der Waals surface area contributed by atoms with Crippen molar-refractivity contribution >= 4 is 23.0 Å². The number of nitrogens with two attached hydrogens (primary N) is 1. The van der Waals surface area contributed by atoms with Crippen LogP contribution in [0.3, 0.4) is 0 Å². The molecule has 2 aromatic heterocycles. The maximum absolute atomic E-state index is 15.1. The number of benzene rings is 2. The first kappa shape index (κ1) is 27.9. The number of pyridine rings is 1. The van der Waals surface area contributed by atoms with E-state index in [-0.39, 0.29) is 17.4 Å². The van der Waals surface area contributed by atoms with E-state index in [1.807, 2.05) is 6.07 Å². The monoisotopic (exact) mass is 567 g/mol. The van der Waals surface area contributed by atoms with E-state index >= 15 is 4.39 Å². The predicted octanol–water partition coefficient (Wildman–Crippen LogP) is 3.47. The second-order valence-electron chi connectivity index (χ2n) is 9.94. The van der Waals surface area contributed by atoms with Gasteiger partial charge in [0.05, 0.1) is 23.1 Å². The van der Waals surface area contributed by atoms with Crippen molar-refractivity contribution in [2.45, 2.75) is 31.5 Å². The van der Waals surface area contributed by atoms with E-state index in [4.69, 9.17) is 10.5 Å². The van der Waals surface area contributed by atoms with E-state index in [9.17, 15) is 23.2 Å². The van der Waals surface area contributed by atoms with Crippen molar-refractivity contribution in [3.05, 3.63) is 86.9 Å². The van der Waals surface area contributed by atoms with Crippen LogP contribution in [0.1, 0.15) is 24.4 Å². The number of anilines is 1. The fraction of sp³-hybridized carbons (Fsp3) is 0.310. The molecule has 214 valence electrons. The molecule has 0 saturated carbocycles. The molecule has 0 unspecified atom stereocenters. The highest BCUT2D eigenvalue weighted by Crippen LogP contribution is 2.28. The van der Waals surface area contributed by atoms with E-state index in [0.717, 1.165) is 28.7 Å². The predicted molar refractivity (Wildman–Crippen MR) is 148 cm³/mol. The Balaban J connectivity index is 1.60. The Morgan fingerprint density at radius 1 is 1.07 bits per heavy atom. The number of likely N-dealkylation sites (tertiary alicyclic amines) is 1. The average molecular weight is 568 g/mol. The van der Waals surface area contributed by atoms with Gasteiger partial charge in [-0.25, -0.2) is 18.0 Å². The summed E-state index contributed by atoms with van der Waals surface area (Å²) in [4.78, 5) is 44.7. The van der Waals surface area contributed by atoms with E-state index in [0.29, 0.717) is 42.9 Å². The van der Waals surface area contributed by atoms with Crippen LogP contribution in [0.2, 0.25) is 0 Å². The molecule has 4 aromatic rings. The summed E-state index contributed by atoms with van der Waals surface area (Å²) in [6, 6.07) is 12.3. The van der Waals surface area contributed by atoms with Crippen molar-refractivity contribution in [1.82, 2.24) is 19.0 Å². The number of aromatic nitrogens is 3. The van der Waals surface area contributed by atoms with Gasteiger partial charge in [0.2, 0.25) is 6.41 Å². The number of ether oxygens (including phenoxy) is 1. The van der Waals surface area contributed by atoms with Gasteiger partial charge in [-0.2, -0.15) is 0 Å². The maximum atomic E-state index is 15.1. The van der Waals surface area contributed by atoms with E-state index in [1.54, 1.807) is 41.4 Å². The number of nitrogens with zero attached hydrogens (tertiary/aromatic N) is 4. The highest BCUT2D eigenvalue weighted by atomic mass is 19.1. The van der Waals surface area contributed by atoms with Gasteiger partial charge < -0.3 is 15.4 Å². The lowest BCUT2D eigenvalue weighted by Gasteiger charge is -2.31. The van der Waals surface area contributed by atoms with Gasteiger partial charge in [0.15, 0.2) is 17.7 Å². The molecule has 1 fully saturated rings. The third-order valence-electron chi connectivity index (χ3n) is 7.22. The second-order valence-corrected chi connectivity index (χ2v) is 9.94. The third-order valence-corrected chi connectivity index (χ3v) is 7.22. The first-order chi connectivity index (χ1) is 19.8. The van der Waals surface area contributed by atoms with Crippen LogP contribution in [0, 0.1) is 5.82 Å². The van der Waals surface area contributed by atoms with Gasteiger partial charge in [-0.05, 0) is 42.7 Å². The lowest BCUT2D eigenvalue weighted by atomic mass is 10.0. The molecule has 1 amide bonds. The number of carbonyl (C=O) groups excluding carboxylic acids is 1. The summed E-state index contributed by atoms with van der Waals surface area (Å²) in [5, 5.41) is -0.0420. The zero-order valence-electron chi connectivity index (χ0n) is 22.0. The summed E-state index contributed by atoms with van der Waals surface area (Å²) < 4.78 is 48.8. The second kappa shape index (κ2) is 11.9. The Kier molecular flexibility index (Phi) is 8.09. The van der Waals surface area contributed by atoms with Gasteiger partial charge in [-0.1, -0.05) is 18.2 Å². The fourth-order valence-corrected chi connectivity index (χ4v) is 5.06. The topological polar surface area (TPSA) is 112 Å². The number of piperidine rings is 1. The number of rotatable bonds is 9. The van der Waals surface area contributed by atoms with Gasteiger partial charge >= 0.3 is 5.69 Å². The van der Waals surface area contributed by atoms with Crippen LogP contribution >= 0.6 is 0 Å². The Morgan fingerprint density at radius 3 is 2.46 bits per heavy atom. The van der Waals surface area contributed by atoms with Crippen LogP contribution in [0.25, 0.3) is 22.2 Å². The van der Waals surface area contributed by atoms with Gasteiger partial charge in [-0.15, -0.1) is 0 Å². The molecular weight excluding hydrogens is 539 g/mol. The summed E-state index contributed by atoms with van der Waals surface area (Å²) in [7, 11) is 0. The van der Waals surface area contributed by atoms with E-state index in [1.165, 1.54) is 4.57 Å². The first-order valence-corrected chi connectivity index (χ1v) is 13.1. The van der Waals surface area contributed by atoms with Crippen molar-refractivity contribution in [3.8, 4) is 17.0 Å².